The van der Waals surface area contributed by atoms with E-state index in [1.54, 1.807) is 18.0 Å². The number of hydrogen-bond donors (Lipinski definition) is 1. The normalized spacial score (nSPS) is 10.6. The topological polar surface area (TPSA) is 46.9 Å². The largest absolute Gasteiger partial charge is 0.351 e. The van der Waals surface area contributed by atoms with E-state index in [4.69, 9.17) is 0 Å². The van der Waals surface area contributed by atoms with Gasteiger partial charge in [0.2, 0.25) is 5.91 Å². The minimum Gasteiger partial charge on any atom is -0.351 e. The molecule has 5 heteroatoms. The van der Waals surface area contributed by atoms with Gasteiger partial charge in [0, 0.05) is 23.2 Å². The van der Waals surface area contributed by atoms with E-state index in [-0.39, 0.29) is 5.91 Å². The number of nitrogens with one attached hydrogen (secondary N) is 1. The molecule has 0 unspecified atom stereocenters. The van der Waals surface area contributed by atoms with Crippen molar-refractivity contribution in [2.75, 3.05) is 5.75 Å². The standard InChI is InChI=1S/C20H21N3OS/c1-16-7-5-6-10-19(16)25-15-20(24)21-11-18-12-22-23(14-18)13-17-8-3-2-4-9-17/h2-10,12,14H,11,13,15H2,1H3,(H,21,24). The highest BCUT2D eigenvalue weighted by atomic mass is 32.2. The molecule has 0 aliphatic carbocycles. The fourth-order valence-corrected chi connectivity index (χ4v) is 3.33. The summed E-state index contributed by atoms with van der Waals surface area (Å²) in [7, 11) is 0. The molecular weight excluding hydrogens is 330 g/mol. The third-order valence-electron chi connectivity index (χ3n) is 3.82. The smallest absolute Gasteiger partial charge is 0.230 e. The number of nitrogens with zero attached hydrogens (tertiary/aromatic N) is 2. The molecule has 0 saturated carbocycles. The molecule has 0 fully saturated rings. The first-order valence-corrected chi connectivity index (χ1v) is 9.19. The maximum Gasteiger partial charge on any atom is 0.230 e. The van der Waals surface area contributed by atoms with Crippen LogP contribution in [0.2, 0.25) is 0 Å². The van der Waals surface area contributed by atoms with E-state index in [0.717, 1.165) is 17.0 Å². The molecule has 0 bridgehead atoms. The maximum atomic E-state index is 12.0. The molecule has 128 valence electrons. The van der Waals surface area contributed by atoms with Gasteiger partial charge in [0.15, 0.2) is 0 Å². The van der Waals surface area contributed by atoms with Crippen molar-refractivity contribution < 1.29 is 4.79 Å². The van der Waals surface area contributed by atoms with Crippen molar-refractivity contribution in [3.63, 3.8) is 0 Å². The second kappa shape index (κ2) is 8.53. The molecule has 0 radical (unpaired) electrons. The zero-order valence-electron chi connectivity index (χ0n) is 14.2. The molecule has 0 saturated heterocycles. The van der Waals surface area contributed by atoms with Crippen LogP contribution in [0, 0.1) is 6.92 Å². The summed E-state index contributed by atoms with van der Waals surface area (Å²) >= 11 is 1.56. The quantitative estimate of drug-likeness (QED) is 0.661. The van der Waals surface area contributed by atoms with Gasteiger partial charge in [-0.1, -0.05) is 48.5 Å². The second-order valence-corrected chi connectivity index (χ2v) is 6.88. The molecule has 2 aromatic carbocycles. The Morgan fingerprint density at radius 1 is 1.08 bits per heavy atom. The van der Waals surface area contributed by atoms with Crippen LogP contribution in [0.4, 0.5) is 0 Å². The minimum atomic E-state index is 0.0315. The van der Waals surface area contributed by atoms with Crippen LogP contribution in [0.3, 0.4) is 0 Å². The highest BCUT2D eigenvalue weighted by molar-refractivity contribution is 8.00. The predicted molar refractivity (Wildman–Crippen MR) is 102 cm³/mol. The monoisotopic (exact) mass is 351 g/mol. The molecule has 1 N–H and O–H groups in total. The fraction of sp³-hybridized carbons (Fsp3) is 0.200. The van der Waals surface area contributed by atoms with Crippen molar-refractivity contribution in [2.24, 2.45) is 0 Å². The van der Waals surface area contributed by atoms with Gasteiger partial charge in [-0.05, 0) is 24.1 Å². The predicted octanol–water partition coefficient (Wildman–Crippen LogP) is 3.65. The number of aryl methyl sites for hydroxylation is 1. The van der Waals surface area contributed by atoms with Gasteiger partial charge in [-0.3, -0.25) is 9.48 Å². The fourth-order valence-electron chi connectivity index (χ4n) is 2.47. The lowest BCUT2D eigenvalue weighted by molar-refractivity contribution is -0.118. The van der Waals surface area contributed by atoms with Gasteiger partial charge in [0.05, 0.1) is 18.5 Å². The highest BCUT2D eigenvalue weighted by Gasteiger charge is 2.06. The van der Waals surface area contributed by atoms with Gasteiger partial charge in [-0.25, -0.2) is 0 Å². The summed E-state index contributed by atoms with van der Waals surface area (Å²) in [5.41, 5.74) is 3.41. The van der Waals surface area contributed by atoms with Gasteiger partial charge < -0.3 is 5.32 Å². The van der Waals surface area contributed by atoms with Gasteiger partial charge in [0.25, 0.3) is 0 Å². The first-order valence-electron chi connectivity index (χ1n) is 8.21. The van der Waals surface area contributed by atoms with E-state index in [1.807, 2.05) is 47.3 Å². The Balaban J connectivity index is 1.45. The average molecular weight is 351 g/mol. The molecule has 0 spiro atoms. The Bertz CT molecular complexity index is 830. The molecule has 4 nitrogen and oxygen atoms in total. The van der Waals surface area contributed by atoms with Crippen molar-refractivity contribution in [1.29, 1.82) is 0 Å². The lowest BCUT2D eigenvalue weighted by Crippen LogP contribution is -2.24. The SMILES string of the molecule is Cc1ccccc1SCC(=O)NCc1cnn(Cc2ccccc2)c1. The molecule has 0 atom stereocenters. The number of amides is 1. The molecule has 3 aromatic rings. The third kappa shape index (κ3) is 5.22. The Morgan fingerprint density at radius 2 is 1.84 bits per heavy atom. The van der Waals surface area contributed by atoms with Gasteiger partial charge in [-0.2, -0.15) is 5.10 Å². The van der Waals surface area contributed by atoms with E-state index < -0.39 is 0 Å². The second-order valence-electron chi connectivity index (χ2n) is 5.86. The molecule has 1 aromatic heterocycles. The summed E-state index contributed by atoms with van der Waals surface area (Å²) in [5.74, 6) is 0.451. The average Bonchev–Trinajstić information content (AvgIpc) is 3.07. The summed E-state index contributed by atoms with van der Waals surface area (Å²) in [4.78, 5) is 13.2. The van der Waals surface area contributed by atoms with E-state index in [2.05, 4.69) is 35.5 Å². The van der Waals surface area contributed by atoms with E-state index >= 15 is 0 Å². The summed E-state index contributed by atoms with van der Waals surface area (Å²) in [5, 5.41) is 7.31. The zero-order chi connectivity index (χ0) is 17.5. The molecule has 3 rings (SSSR count). The van der Waals surface area contributed by atoms with Crippen molar-refractivity contribution in [3.05, 3.63) is 83.7 Å². The van der Waals surface area contributed by atoms with Crippen molar-refractivity contribution in [2.45, 2.75) is 24.9 Å². The van der Waals surface area contributed by atoms with Crippen LogP contribution in [0.5, 0.6) is 0 Å². The Hall–Kier alpha value is -2.53. The molecule has 25 heavy (non-hydrogen) atoms. The van der Waals surface area contributed by atoms with Crippen LogP contribution < -0.4 is 5.32 Å². The van der Waals surface area contributed by atoms with E-state index in [1.165, 1.54) is 11.1 Å². The van der Waals surface area contributed by atoms with Gasteiger partial charge in [0.1, 0.15) is 0 Å². The maximum absolute atomic E-state index is 12.0. The molecule has 1 amide bonds. The van der Waals surface area contributed by atoms with E-state index in [0.29, 0.717) is 12.3 Å². The Morgan fingerprint density at radius 3 is 2.64 bits per heavy atom. The van der Waals surface area contributed by atoms with Crippen LogP contribution in [0.1, 0.15) is 16.7 Å². The van der Waals surface area contributed by atoms with E-state index in [9.17, 15) is 4.79 Å². The first kappa shape index (κ1) is 17.3. The summed E-state index contributed by atoms with van der Waals surface area (Å²) in [6.45, 7) is 3.29. The molecular formula is C20H21N3OS. The number of hydrogen-bond acceptors (Lipinski definition) is 3. The van der Waals surface area contributed by atoms with Crippen LogP contribution in [0.15, 0.2) is 71.9 Å². The lowest BCUT2D eigenvalue weighted by Gasteiger charge is -2.06. The number of aromatic nitrogens is 2. The Kier molecular flexibility index (Phi) is 5.90. The summed E-state index contributed by atoms with van der Waals surface area (Å²) in [6, 6.07) is 18.3. The summed E-state index contributed by atoms with van der Waals surface area (Å²) in [6.07, 6.45) is 3.78. The first-order chi connectivity index (χ1) is 12.2. The van der Waals surface area contributed by atoms with Crippen molar-refractivity contribution >= 4 is 17.7 Å². The van der Waals surface area contributed by atoms with Gasteiger partial charge in [-0.15, -0.1) is 11.8 Å². The number of carbonyl (C=O) groups is 1. The van der Waals surface area contributed by atoms with Gasteiger partial charge >= 0.3 is 0 Å². The molecule has 1 heterocycles. The summed E-state index contributed by atoms with van der Waals surface area (Å²) < 4.78 is 1.89. The molecule has 0 aliphatic rings. The van der Waals surface area contributed by atoms with Crippen LogP contribution in [-0.2, 0) is 17.9 Å². The Labute approximate surface area is 152 Å². The number of rotatable bonds is 7. The number of benzene rings is 2. The van der Waals surface area contributed by atoms with Crippen molar-refractivity contribution in [3.8, 4) is 0 Å². The third-order valence-corrected chi connectivity index (χ3v) is 4.99. The molecule has 0 aliphatic heterocycles. The van der Waals surface area contributed by atoms with Crippen molar-refractivity contribution in [1.82, 2.24) is 15.1 Å². The zero-order valence-corrected chi connectivity index (χ0v) is 15.0. The lowest BCUT2D eigenvalue weighted by atomic mass is 10.2. The highest BCUT2D eigenvalue weighted by Crippen LogP contribution is 2.21. The number of thioether (sulfide) groups is 1. The van der Waals surface area contributed by atoms with Crippen LogP contribution >= 0.6 is 11.8 Å². The number of carbonyl (C=O) groups excluding carboxylic acids is 1. The van der Waals surface area contributed by atoms with Crippen LogP contribution in [-0.4, -0.2) is 21.4 Å². The van der Waals surface area contributed by atoms with Crippen LogP contribution in [0.25, 0.3) is 0 Å². The minimum absolute atomic E-state index is 0.0315.